The van der Waals surface area contributed by atoms with Crippen molar-refractivity contribution in [1.29, 1.82) is 0 Å². The van der Waals surface area contributed by atoms with Crippen molar-refractivity contribution in [3.8, 4) is 0 Å². The maximum absolute atomic E-state index is 12.7. The van der Waals surface area contributed by atoms with E-state index in [4.69, 9.17) is 0 Å². The van der Waals surface area contributed by atoms with E-state index < -0.39 is 5.41 Å². The van der Waals surface area contributed by atoms with E-state index in [-0.39, 0.29) is 11.7 Å². The lowest BCUT2D eigenvalue weighted by molar-refractivity contribution is 0.0846. The number of hydrogen-bond acceptors (Lipinski definition) is 4. The fourth-order valence-corrected chi connectivity index (χ4v) is 3.64. The van der Waals surface area contributed by atoms with Crippen molar-refractivity contribution in [2.24, 2.45) is 5.41 Å². The molecule has 0 saturated heterocycles. The molecule has 3 nitrogen and oxygen atoms in total. The zero-order chi connectivity index (χ0) is 14.3. The minimum Gasteiger partial charge on any atom is -0.294 e. The van der Waals surface area contributed by atoms with Gasteiger partial charge in [0.2, 0.25) is 0 Å². The molecule has 0 aliphatic heterocycles. The number of carbonyl (C=O) groups is 1. The van der Waals surface area contributed by atoms with Crippen LogP contribution in [0.4, 0.5) is 0 Å². The number of benzene rings is 1. The zero-order valence-corrected chi connectivity index (χ0v) is 12.6. The summed E-state index contributed by atoms with van der Waals surface area (Å²) in [6.45, 7) is 4.02. The van der Waals surface area contributed by atoms with Crippen LogP contribution in [0.2, 0.25) is 0 Å². The summed E-state index contributed by atoms with van der Waals surface area (Å²) in [6, 6.07) is 7.88. The molecule has 0 spiro atoms. The van der Waals surface area contributed by atoms with Gasteiger partial charge >= 0.3 is 0 Å². The van der Waals surface area contributed by atoms with E-state index in [0.29, 0.717) is 0 Å². The minimum atomic E-state index is -0.459. The highest BCUT2D eigenvalue weighted by molar-refractivity contribution is 7.98. The molecule has 0 saturated carbocycles. The lowest BCUT2D eigenvalue weighted by atomic mass is 9.76. The molecule has 1 aromatic heterocycles. The van der Waals surface area contributed by atoms with Crippen LogP contribution in [0.15, 0.2) is 41.8 Å². The smallest absolute Gasteiger partial charge is 0.169 e. The molecule has 1 aliphatic rings. The molecule has 0 fully saturated rings. The van der Waals surface area contributed by atoms with E-state index in [1.165, 1.54) is 0 Å². The first-order valence-corrected chi connectivity index (χ1v) is 7.77. The average Bonchev–Trinajstić information content (AvgIpc) is 2.67. The standard InChI is InChI=1S/C16H16N2OS/c1-16(2)13(12-8-17-9-18-15(12)20-3)10-6-4-5-7-11(10)14(16)19/h4-9,13H,1-3H3. The molecule has 20 heavy (non-hydrogen) atoms. The van der Waals surface area contributed by atoms with E-state index in [0.717, 1.165) is 21.7 Å². The summed E-state index contributed by atoms with van der Waals surface area (Å²) in [5.74, 6) is 0.226. The van der Waals surface area contributed by atoms with E-state index in [9.17, 15) is 4.79 Å². The highest BCUT2D eigenvalue weighted by atomic mass is 32.2. The van der Waals surface area contributed by atoms with Gasteiger partial charge in [-0.25, -0.2) is 9.97 Å². The molecule has 1 aliphatic carbocycles. The maximum Gasteiger partial charge on any atom is 0.169 e. The summed E-state index contributed by atoms with van der Waals surface area (Å²) in [5.41, 5.74) is 2.51. The Bertz CT molecular complexity index is 682. The van der Waals surface area contributed by atoms with Gasteiger partial charge in [0.1, 0.15) is 11.4 Å². The Hall–Kier alpha value is -1.68. The molecular formula is C16H16N2OS. The molecule has 1 aromatic carbocycles. The summed E-state index contributed by atoms with van der Waals surface area (Å²) in [6.07, 6.45) is 5.41. The summed E-state index contributed by atoms with van der Waals surface area (Å²) in [4.78, 5) is 21.2. The molecule has 1 atom stereocenters. The molecule has 2 aromatic rings. The van der Waals surface area contributed by atoms with Gasteiger partial charge in [0.15, 0.2) is 5.78 Å². The van der Waals surface area contributed by atoms with Gasteiger partial charge in [-0.1, -0.05) is 38.1 Å². The number of fused-ring (bicyclic) bond motifs is 1. The van der Waals surface area contributed by atoms with Crippen LogP contribution < -0.4 is 0 Å². The van der Waals surface area contributed by atoms with Gasteiger partial charge in [0.25, 0.3) is 0 Å². The molecule has 1 heterocycles. The number of Topliss-reactive ketones (excluding diaryl/α,β-unsaturated/α-hetero) is 1. The Kier molecular flexibility index (Phi) is 3.13. The molecule has 0 amide bonds. The molecular weight excluding hydrogens is 268 g/mol. The lowest BCUT2D eigenvalue weighted by Crippen LogP contribution is -2.25. The third-order valence-electron chi connectivity index (χ3n) is 4.03. The summed E-state index contributed by atoms with van der Waals surface area (Å²) < 4.78 is 0. The highest BCUT2D eigenvalue weighted by Crippen LogP contribution is 2.51. The number of thioether (sulfide) groups is 1. The van der Waals surface area contributed by atoms with Crippen molar-refractivity contribution >= 4 is 17.5 Å². The zero-order valence-electron chi connectivity index (χ0n) is 11.8. The van der Waals surface area contributed by atoms with Crippen molar-refractivity contribution in [1.82, 2.24) is 9.97 Å². The second-order valence-corrected chi connectivity index (χ2v) is 6.35. The number of hydrogen-bond donors (Lipinski definition) is 0. The molecule has 0 radical (unpaired) electrons. The predicted molar refractivity (Wildman–Crippen MR) is 80.2 cm³/mol. The van der Waals surface area contributed by atoms with Gasteiger partial charge in [-0.05, 0) is 11.8 Å². The number of nitrogens with zero attached hydrogens (tertiary/aromatic N) is 2. The molecule has 3 rings (SSSR count). The second kappa shape index (κ2) is 4.70. The van der Waals surface area contributed by atoms with Crippen molar-refractivity contribution in [2.75, 3.05) is 6.26 Å². The highest BCUT2D eigenvalue weighted by Gasteiger charge is 2.47. The maximum atomic E-state index is 12.7. The Morgan fingerprint density at radius 2 is 1.95 bits per heavy atom. The van der Waals surface area contributed by atoms with Crippen LogP contribution in [0.25, 0.3) is 0 Å². The molecule has 0 N–H and O–H groups in total. The summed E-state index contributed by atoms with van der Waals surface area (Å²) in [7, 11) is 0. The van der Waals surface area contributed by atoms with Gasteiger partial charge in [-0.15, -0.1) is 11.8 Å². The Labute approximate surface area is 122 Å². The fraction of sp³-hybridized carbons (Fsp3) is 0.312. The Balaban J connectivity index is 2.25. The first-order valence-electron chi connectivity index (χ1n) is 6.55. The first kappa shape index (κ1) is 13.3. The Morgan fingerprint density at radius 3 is 2.70 bits per heavy atom. The van der Waals surface area contributed by atoms with Crippen LogP contribution in [0, 0.1) is 5.41 Å². The van der Waals surface area contributed by atoms with E-state index in [1.807, 2.05) is 50.6 Å². The first-order chi connectivity index (χ1) is 9.57. The van der Waals surface area contributed by atoms with Gasteiger partial charge < -0.3 is 0 Å². The molecule has 0 bridgehead atoms. The topological polar surface area (TPSA) is 42.9 Å². The van der Waals surface area contributed by atoms with E-state index in [1.54, 1.807) is 18.1 Å². The quantitative estimate of drug-likeness (QED) is 0.625. The van der Waals surface area contributed by atoms with Crippen LogP contribution in [0.5, 0.6) is 0 Å². The van der Waals surface area contributed by atoms with Crippen LogP contribution in [0.3, 0.4) is 0 Å². The summed E-state index contributed by atoms with van der Waals surface area (Å²) in [5, 5.41) is 0.947. The van der Waals surface area contributed by atoms with Crippen molar-refractivity contribution in [3.63, 3.8) is 0 Å². The normalized spacial score (nSPS) is 19.9. The molecule has 4 heteroatoms. The fourth-order valence-electron chi connectivity index (χ4n) is 3.08. The van der Waals surface area contributed by atoms with Gasteiger partial charge in [-0.2, -0.15) is 0 Å². The third kappa shape index (κ3) is 1.79. The number of aromatic nitrogens is 2. The number of ketones is 1. The molecule has 102 valence electrons. The van der Waals surface area contributed by atoms with Gasteiger partial charge in [0, 0.05) is 28.7 Å². The predicted octanol–water partition coefficient (Wildman–Crippen LogP) is 3.55. The minimum absolute atomic E-state index is 0.0230. The van der Waals surface area contributed by atoms with E-state index in [2.05, 4.69) is 9.97 Å². The SMILES string of the molecule is CSc1ncncc1C1c2ccccc2C(=O)C1(C)C. The van der Waals surface area contributed by atoms with Crippen molar-refractivity contribution < 1.29 is 4.79 Å². The Morgan fingerprint density at radius 1 is 1.20 bits per heavy atom. The van der Waals surface area contributed by atoms with Crippen molar-refractivity contribution in [3.05, 3.63) is 53.5 Å². The van der Waals surface area contributed by atoms with Crippen LogP contribution in [-0.2, 0) is 0 Å². The van der Waals surface area contributed by atoms with Gasteiger partial charge in [0.05, 0.1) is 0 Å². The second-order valence-electron chi connectivity index (χ2n) is 5.56. The van der Waals surface area contributed by atoms with Crippen LogP contribution in [0.1, 0.15) is 41.3 Å². The van der Waals surface area contributed by atoms with E-state index >= 15 is 0 Å². The largest absolute Gasteiger partial charge is 0.294 e. The summed E-state index contributed by atoms with van der Waals surface area (Å²) >= 11 is 1.60. The third-order valence-corrected chi connectivity index (χ3v) is 4.76. The monoisotopic (exact) mass is 284 g/mol. The molecule has 1 unspecified atom stereocenters. The van der Waals surface area contributed by atoms with Crippen LogP contribution >= 0.6 is 11.8 Å². The van der Waals surface area contributed by atoms with Crippen molar-refractivity contribution in [2.45, 2.75) is 24.8 Å². The lowest BCUT2D eigenvalue weighted by Gasteiger charge is -2.27. The van der Waals surface area contributed by atoms with Gasteiger partial charge in [-0.3, -0.25) is 4.79 Å². The number of rotatable bonds is 2. The van der Waals surface area contributed by atoms with Crippen LogP contribution in [-0.4, -0.2) is 22.0 Å². The number of carbonyl (C=O) groups excluding carboxylic acids is 1. The average molecular weight is 284 g/mol.